The summed E-state index contributed by atoms with van der Waals surface area (Å²) in [7, 11) is 3.06. The van der Waals surface area contributed by atoms with Gasteiger partial charge in [-0.3, -0.25) is 14.2 Å². The molecule has 1 aromatic carbocycles. The van der Waals surface area contributed by atoms with E-state index in [0.717, 1.165) is 19.3 Å². The summed E-state index contributed by atoms with van der Waals surface area (Å²) in [6, 6.07) is 5.49. The zero-order valence-corrected chi connectivity index (χ0v) is 24.1. The highest BCUT2D eigenvalue weighted by atomic mass is 35.5. The maximum atomic E-state index is 14.1. The lowest BCUT2D eigenvalue weighted by Crippen LogP contribution is -2.37. The molecule has 2 fully saturated rings. The fourth-order valence-corrected chi connectivity index (χ4v) is 5.61. The average Bonchev–Trinajstić information content (AvgIpc) is 3.47. The second kappa shape index (κ2) is 12.9. The molecule has 2 aromatic heterocycles. The van der Waals surface area contributed by atoms with Gasteiger partial charge in [-0.2, -0.15) is 4.98 Å². The number of likely N-dealkylation sites (tertiary alicyclic amines) is 1. The van der Waals surface area contributed by atoms with E-state index in [1.54, 1.807) is 41.0 Å². The lowest BCUT2D eigenvalue weighted by atomic mass is 10.0. The van der Waals surface area contributed by atoms with Crippen molar-refractivity contribution in [1.82, 2.24) is 24.8 Å². The zero-order valence-electron chi connectivity index (χ0n) is 23.3. The standard InChI is InChI=1S/C29H35ClN6O5/c1-4-25(37)35-9-5-20(17-35)31-8-10-36-27-18(16-32-29(34-27)33-19-6-11-41-12-7-19)13-23(28(36)38)22-14-21(39-2)15-24(40-3)26(22)30/h4,13-16,19-20,31H,1,5-12,17H2,2-3H3,(H,32,33,34). The first kappa shape index (κ1) is 28.8. The number of hydrogen-bond donors (Lipinski definition) is 2. The summed E-state index contributed by atoms with van der Waals surface area (Å²) in [5.74, 6) is 1.31. The van der Waals surface area contributed by atoms with Gasteiger partial charge in [0, 0.05) is 80.3 Å². The van der Waals surface area contributed by atoms with Crippen LogP contribution in [0.4, 0.5) is 5.95 Å². The number of methoxy groups -OCH3 is 2. The Bertz CT molecular complexity index is 1490. The number of amides is 1. The number of nitrogens with zero attached hydrogens (tertiary/aromatic N) is 4. The Kier molecular flexibility index (Phi) is 9.06. The summed E-state index contributed by atoms with van der Waals surface area (Å²) in [4.78, 5) is 37.2. The largest absolute Gasteiger partial charge is 0.497 e. The van der Waals surface area contributed by atoms with E-state index in [1.807, 2.05) is 0 Å². The van der Waals surface area contributed by atoms with Crippen molar-refractivity contribution in [3.63, 3.8) is 0 Å². The highest BCUT2D eigenvalue weighted by Gasteiger charge is 2.25. The third-order valence-corrected chi connectivity index (χ3v) is 7.97. The van der Waals surface area contributed by atoms with Gasteiger partial charge in [0.15, 0.2) is 0 Å². The number of hydrogen-bond acceptors (Lipinski definition) is 9. The van der Waals surface area contributed by atoms with Crippen LogP contribution < -0.4 is 25.7 Å². The Labute approximate surface area is 243 Å². The van der Waals surface area contributed by atoms with Crippen LogP contribution in [0.5, 0.6) is 11.5 Å². The molecule has 2 saturated heterocycles. The fourth-order valence-electron chi connectivity index (χ4n) is 5.33. The van der Waals surface area contributed by atoms with E-state index in [1.165, 1.54) is 13.2 Å². The second-order valence-electron chi connectivity index (χ2n) is 10.1. The molecule has 0 saturated carbocycles. The van der Waals surface area contributed by atoms with E-state index >= 15 is 0 Å². The second-order valence-corrected chi connectivity index (χ2v) is 10.5. The van der Waals surface area contributed by atoms with E-state index in [-0.39, 0.29) is 23.6 Å². The molecular weight excluding hydrogens is 548 g/mol. The maximum Gasteiger partial charge on any atom is 0.260 e. The van der Waals surface area contributed by atoms with E-state index in [0.29, 0.717) is 84.0 Å². The van der Waals surface area contributed by atoms with Crippen LogP contribution in [0, 0.1) is 0 Å². The number of anilines is 1. The van der Waals surface area contributed by atoms with Gasteiger partial charge in [0.2, 0.25) is 11.9 Å². The lowest BCUT2D eigenvalue weighted by molar-refractivity contribution is -0.125. The van der Waals surface area contributed by atoms with Crippen molar-refractivity contribution in [2.24, 2.45) is 0 Å². The summed E-state index contributed by atoms with van der Waals surface area (Å²) in [5.41, 5.74) is 1.15. The maximum absolute atomic E-state index is 14.1. The van der Waals surface area contributed by atoms with Gasteiger partial charge in [-0.1, -0.05) is 18.2 Å². The number of fused-ring (bicyclic) bond motifs is 1. The van der Waals surface area contributed by atoms with Gasteiger partial charge < -0.3 is 29.7 Å². The number of aromatic nitrogens is 3. The van der Waals surface area contributed by atoms with Crippen molar-refractivity contribution >= 4 is 34.5 Å². The van der Waals surface area contributed by atoms with Crippen molar-refractivity contribution in [3.8, 4) is 22.6 Å². The molecule has 0 bridgehead atoms. The minimum absolute atomic E-state index is 0.0731. The van der Waals surface area contributed by atoms with Crippen molar-refractivity contribution < 1.29 is 19.0 Å². The molecule has 12 heteroatoms. The average molecular weight is 583 g/mol. The number of nitrogens with one attached hydrogen (secondary N) is 2. The van der Waals surface area contributed by atoms with Gasteiger partial charge in [-0.25, -0.2) is 4.98 Å². The van der Waals surface area contributed by atoms with Crippen molar-refractivity contribution in [3.05, 3.63) is 52.4 Å². The molecule has 41 heavy (non-hydrogen) atoms. The Balaban J connectivity index is 1.50. The monoisotopic (exact) mass is 582 g/mol. The first-order valence-corrected chi connectivity index (χ1v) is 14.1. The Morgan fingerprint density at radius 1 is 1.17 bits per heavy atom. The Morgan fingerprint density at radius 3 is 2.71 bits per heavy atom. The highest BCUT2D eigenvalue weighted by molar-refractivity contribution is 6.35. The molecular formula is C29H35ClN6O5. The van der Waals surface area contributed by atoms with Crippen molar-refractivity contribution in [2.45, 2.75) is 37.9 Å². The number of carbonyl (C=O) groups excluding carboxylic acids is 1. The number of halogens is 1. The minimum Gasteiger partial charge on any atom is -0.497 e. The Morgan fingerprint density at radius 2 is 1.98 bits per heavy atom. The van der Waals surface area contributed by atoms with Gasteiger partial charge in [0.05, 0.1) is 19.2 Å². The van der Waals surface area contributed by atoms with Crippen LogP contribution in [0.3, 0.4) is 0 Å². The lowest BCUT2D eigenvalue weighted by Gasteiger charge is -2.23. The van der Waals surface area contributed by atoms with Crippen LogP contribution in [-0.2, 0) is 16.1 Å². The molecule has 2 aliphatic rings. The molecule has 1 atom stereocenters. The molecule has 1 unspecified atom stereocenters. The highest BCUT2D eigenvalue weighted by Crippen LogP contribution is 2.38. The van der Waals surface area contributed by atoms with E-state index < -0.39 is 0 Å². The van der Waals surface area contributed by atoms with Crippen molar-refractivity contribution in [1.29, 1.82) is 0 Å². The van der Waals surface area contributed by atoms with Crippen LogP contribution in [0.1, 0.15) is 19.3 Å². The molecule has 0 spiro atoms. The summed E-state index contributed by atoms with van der Waals surface area (Å²) < 4.78 is 18.0. The molecule has 218 valence electrons. The molecule has 0 radical (unpaired) electrons. The quantitative estimate of drug-likeness (QED) is 0.347. The molecule has 3 aromatic rings. The first-order valence-electron chi connectivity index (χ1n) is 13.7. The van der Waals surface area contributed by atoms with Crippen LogP contribution in [0.15, 0.2) is 41.8 Å². The van der Waals surface area contributed by atoms with Crippen molar-refractivity contribution in [2.75, 3.05) is 52.4 Å². The topological polar surface area (TPSA) is 120 Å². The van der Waals surface area contributed by atoms with Crippen LogP contribution >= 0.6 is 11.6 Å². The molecule has 1 amide bonds. The van der Waals surface area contributed by atoms with Crippen LogP contribution in [-0.4, -0.2) is 84.5 Å². The van der Waals surface area contributed by atoms with Gasteiger partial charge in [0.1, 0.15) is 17.1 Å². The number of rotatable bonds is 10. The zero-order chi connectivity index (χ0) is 28.9. The summed E-state index contributed by atoms with van der Waals surface area (Å²) in [6.45, 7) is 7.07. The predicted molar refractivity (Wildman–Crippen MR) is 158 cm³/mol. The molecule has 4 heterocycles. The van der Waals surface area contributed by atoms with E-state index in [2.05, 4.69) is 22.2 Å². The van der Waals surface area contributed by atoms with Gasteiger partial charge >= 0.3 is 0 Å². The van der Waals surface area contributed by atoms with E-state index in [9.17, 15) is 9.59 Å². The smallest absolute Gasteiger partial charge is 0.260 e. The number of ether oxygens (including phenoxy) is 3. The fraction of sp³-hybridized carbons (Fsp3) is 0.448. The summed E-state index contributed by atoms with van der Waals surface area (Å²) in [6.07, 6.45) is 5.61. The van der Waals surface area contributed by atoms with Crippen LogP contribution in [0.2, 0.25) is 5.02 Å². The Hall–Kier alpha value is -3.67. The molecule has 0 aliphatic carbocycles. The molecule has 11 nitrogen and oxygen atoms in total. The third-order valence-electron chi connectivity index (χ3n) is 7.58. The number of pyridine rings is 1. The third kappa shape index (κ3) is 6.32. The minimum atomic E-state index is -0.248. The number of carbonyl (C=O) groups is 1. The number of benzene rings is 1. The van der Waals surface area contributed by atoms with Crippen LogP contribution in [0.25, 0.3) is 22.2 Å². The van der Waals surface area contributed by atoms with Gasteiger partial charge in [-0.15, -0.1) is 0 Å². The first-order chi connectivity index (χ1) is 19.9. The molecule has 2 N–H and O–H groups in total. The SMILES string of the molecule is C=CC(=O)N1CCC(NCCn2c(=O)c(-c3cc(OC)cc(OC)c3Cl)cc3cnc(NC4CCOCC4)nc32)C1. The molecule has 2 aliphatic heterocycles. The van der Waals surface area contributed by atoms with Gasteiger partial charge in [0.25, 0.3) is 5.56 Å². The predicted octanol–water partition coefficient (Wildman–Crippen LogP) is 3.10. The normalized spacial score (nSPS) is 17.5. The summed E-state index contributed by atoms with van der Waals surface area (Å²) in [5, 5.41) is 7.89. The molecule has 5 rings (SSSR count). The van der Waals surface area contributed by atoms with Gasteiger partial charge in [-0.05, 0) is 37.5 Å². The van der Waals surface area contributed by atoms with E-state index in [4.69, 9.17) is 30.8 Å². The summed E-state index contributed by atoms with van der Waals surface area (Å²) >= 11 is 6.69.